The molecule has 1 atom stereocenters. The molecule has 0 bridgehead atoms. The Hall–Kier alpha value is -1.33. The quantitative estimate of drug-likeness (QED) is 0.839. The van der Waals surface area contributed by atoms with Gasteiger partial charge in [-0.25, -0.2) is 4.98 Å². The van der Waals surface area contributed by atoms with E-state index in [0.717, 1.165) is 10.6 Å². The molecule has 5 heteroatoms. The van der Waals surface area contributed by atoms with E-state index in [1.54, 1.807) is 19.6 Å². The van der Waals surface area contributed by atoms with Gasteiger partial charge in [0, 0.05) is 6.20 Å². The van der Waals surface area contributed by atoms with E-state index in [9.17, 15) is 0 Å². The molecule has 4 nitrogen and oxygen atoms in total. The number of aromatic nitrogens is 1. The number of thiazole rings is 1. The lowest BCUT2D eigenvalue weighted by Gasteiger charge is -2.03. The molecule has 2 heterocycles. The van der Waals surface area contributed by atoms with Crippen molar-refractivity contribution in [3.05, 3.63) is 35.2 Å². The summed E-state index contributed by atoms with van der Waals surface area (Å²) in [6.07, 6.45) is 3.31. The summed E-state index contributed by atoms with van der Waals surface area (Å²) in [7, 11) is 1.58. The van der Waals surface area contributed by atoms with E-state index in [2.05, 4.69) is 4.98 Å². The molecule has 0 amide bonds. The molecule has 2 N–H and O–H groups in total. The van der Waals surface area contributed by atoms with E-state index in [4.69, 9.17) is 14.9 Å². The van der Waals surface area contributed by atoms with Crippen LogP contribution in [0.1, 0.15) is 16.7 Å². The third kappa shape index (κ3) is 1.64. The Kier molecular flexibility index (Phi) is 2.51. The van der Waals surface area contributed by atoms with Crippen molar-refractivity contribution >= 4 is 11.3 Å². The Bertz CT molecular complexity index is 397. The lowest BCUT2D eigenvalue weighted by atomic mass is 10.2. The Morgan fingerprint density at radius 2 is 2.50 bits per heavy atom. The molecule has 0 saturated heterocycles. The van der Waals surface area contributed by atoms with Gasteiger partial charge in [-0.05, 0) is 12.1 Å². The molecule has 0 radical (unpaired) electrons. The molecule has 14 heavy (non-hydrogen) atoms. The highest BCUT2D eigenvalue weighted by Gasteiger charge is 2.14. The van der Waals surface area contributed by atoms with Gasteiger partial charge in [0.05, 0.1) is 24.3 Å². The number of hydrogen-bond acceptors (Lipinski definition) is 5. The van der Waals surface area contributed by atoms with E-state index >= 15 is 0 Å². The topological polar surface area (TPSA) is 61.3 Å². The molecule has 0 saturated carbocycles. The third-order valence-corrected chi connectivity index (χ3v) is 2.87. The van der Waals surface area contributed by atoms with Gasteiger partial charge in [0.15, 0.2) is 0 Å². The summed E-state index contributed by atoms with van der Waals surface area (Å²) >= 11 is 1.42. The van der Waals surface area contributed by atoms with Crippen molar-refractivity contribution in [3.8, 4) is 5.19 Å². The molecule has 2 rings (SSSR count). The van der Waals surface area contributed by atoms with Crippen molar-refractivity contribution < 1.29 is 9.15 Å². The second-order valence-electron chi connectivity index (χ2n) is 2.73. The van der Waals surface area contributed by atoms with Gasteiger partial charge in [0.2, 0.25) is 0 Å². The SMILES string of the molecule is COc1ncc(C(N)c2ccco2)s1. The summed E-state index contributed by atoms with van der Waals surface area (Å²) in [5.41, 5.74) is 5.95. The van der Waals surface area contributed by atoms with Crippen LogP contribution in [0.5, 0.6) is 5.19 Å². The van der Waals surface area contributed by atoms with Crippen molar-refractivity contribution in [1.82, 2.24) is 4.98 Å². The van der Waals surface area contributed by atoms with Crippen LogP contribution in [0.2, 0.25) is 0 Å². The van der Waals surface area contributed by atoms with Gasteiger partial charge in [-0.3, -0.25) is 0 Å². The molecule has 0 aliphatic rings. The Morgan fingerprint density at radius 3 is 3.07 bits per heavy atom. The fourth-order valence-electron chi connectivity index (χ4n) is 1.12. The highest BCUT2D eigenvalue weighted by atomic mass is 32.1. The zero-order chi connectivity index (χ0) is 9.97. The summed E-state index contributed by atoms with van der Waals surface area (Å²) in [4.78, 5) is 4.97. The van der Waals surface area contributed by atoms with E-state index in [1.807, 2.05) is 12.1 Å². The number of nitrogens with zero attached hydrogens (tertiary/aromatic N) is 1. The predicted molar refractivity (Wildman–Crippen MR) is 53.4 cm³/mol. The highest BCUT2D eigenvalue weighted by molar-refractivity contribution is 7.13. The average Bonchev–Trinajstić information content (AvgIpc) is 2.88. The van der Waals surface area contributed by atoms with Gasteiger partial charge in [-0.2, -0.15) is 0 Å². The highest BCUT2D eigenvalue weighted by Crippen LogP contribution is 2.28. The van der Waals surface area contributed by atoms with Crippen molar-refractivity contribution in [2.24, 2.45) is 5.73 Å². The first-order valence-corrected chi connectivity index (χ1v) is 4.91. The van der Waals surface area contributed by atoms with Gasteiger partial charge >= 0.3 is 0 Å². The molecule has 0 fully saturated rings. The standard InChI is InChI=1S/C9H10N2O2S/c1-12-9-11-5-7(14-9)8(10)6-3-2-4-13-6/h2-5,8H,10H2,1H3. The molecule has 74 valence electrons. The first kappa shape index (κ1) is 9.23. The average molecular weight is 210 g/mol. The summed E-state index contributed by atoms with van der Waals surface area (Å²) in [6.45, 7) is 0. The van der Waals surface area contributed by atoms with Gasteiger partial charge in [0.1, 0.15) is 5.76 Å². The lowest BCUT2D eigenvalue weighted by Crippen LogP contribution is -2.08. The minimum atomic E-state index is -0.258. The lowest BCUT2D eigenvalue weighted by molar-refractivity contribution is 0.412. The summed E-state index contributed by atoms with van der Waals surface area (Å²) in [5.74, 6) is 0.733. The minimum Gasteiger partial charge on any atom is -0.473 e. The zero-order valence-corrected chi connectivity index (χ0v) is 8.45. The molecule has 0 aliphatic heterocycles. The molecule has 1 unspecified atom stereocenters. The van der Waals surface area contributed by atoms with Gasteiger partial charge in [0.25, 0.3) is 5.19 Å². The zero-order valence-electron chi connectivity index (χ0n) is 7.64. The summed E-state index contributed by atoms with van der Waals surface area (Å²) in [5, 5.41) is 0.613. The molecule has 0 spiro atoms. The Morgan fingerprint density at radius 1 is 1.64 bits per heavy atom. The maximum Gasteiger partial charge on any atom is 0.273 e. The maximum absolute atomic E-state index is 5.95. The van der Waals surface area contributed by atoms with E-state index < -0.39 is 0 Å². The van der Waals surface area contributed by atoms with Crippen LogP contribution in [-0.2, 0) is 0 Å². The van der Waals surface area contributed by atoms with Crippen LogP contribution < -0.4 is 10.5 Å². The van der Waals surface area contributed by atoms with Crippen LogP contribution in [0.15, 0.2) is 29.0 Å². The number of rotatable bonds is 3. The van der Waals surface area contributed by atoms with Crippen molar-refractivity contribution in [2.45, 2.75) is 6.04 Å². The van der Waals surface area contributed by atoms with Crippen LogP contribution in [0.3, 0.4) is 0 Å². The van der Waals surface area contributed by atoms with Crippen LogP contribution >= 0.6 is 11.3 Å². The predicted octanol–water partition coefficient (Wildman–Crippen LogP) is 1.79. The Balaban J connectivity index is 2.23. The monoisotopic (exact) mass is 210 g/mol. The van der Waals surface area contributed by atoms with Crippen LogP contribution in [0.4, 0.5) is 0 Å². The first-order chi connectivity index (χ1) is 6.81. The van der Waals surface area contributed by atoms with Crippen molar-refractivity contribution in [3.63, 3.8) is 0 Å². The fraction of sp³-hybridized carbons (Fsp3) is 0.222. The molecule has 0 aliphatic carbocycles. The summed E-state index contributed by atoms with van der Waals surface area (Å²) in [6, 6.07) is 3.40. The van der Waals surface area contributed by atoms with E-state index in [-0.39, 0.29) is 6.04 Å². The second-order valence-corrected chi connectivity index (χ2v) is 3.75. The largest absolute Gasteiger partial charge is 0.473 e. The first-order valence-electron chi connectivity index (χ1n) is 4.10. The smallest absolute Gasteiger partial charge is 0.273 e. The minimum absolute atomic E-state index is 0.258. The number of methoxy groups -OCH3 is 1. The summed E-state index contributed by atoms with van der Waals surface area (Å²) < 4.78 is 10.2. The van der Waals surface area contributed by atoms with E-state index in [0.29, 0.717) is 5.19 Å². The van der Waals surface area contributed by atoms with Crippen molar-refractivity contribution in [1.29, 1.82) is 0 Å². The van der Waals surface area contributed by atoms with Gasteiger partial charge < -0.3 is 14.9 Å². The maximum atomic E-state index is 5.95. The molecular formula is C9H10N2O2S. The van der Waals surface area contributed by atoms with Crippen LogP contribution in [-0.4, -0.2) is 12.1 Å². The molecular weight excluding hydrogens is 200 g/mol. The second kappa shape index (κ2) is 3.81. The van der Waals surface area contributed by atoms with E-state index in [1.165, 1.54) is 11.3 Å². The Labute approximate surface area is 85.3 Å². The third-order valence-electron chi connectivity index (χ3n) is 1.83. The van der Waals surface area contributed by atoms with Gasteiger partial charge in [-0.15, -0.1) is 0 Å². The van der Waals surface area contributed by atoms with Crippen LogP contribution in [0.25, 0.3) is 0 Å². The molecule has 0 aromatic carbocycles. The molecule has 2 aromatic heterocycles. The van der Waals surface area contributed by atoms with Crippen LogP contribution in [0, 0.1) is 0 Å². The number of hydrogen-bond donors (Lipinski definition) is 1. The number of ether oxygens (including phenoxy) is 1. The van der Waals surface area contributed by atoms with Gasteiger partial charge in [-0.1, -0.05) is 11.3 Å². The fourth-order valence-corrected chi connectivity index (χ4v) is 1.86. The number of furan rings is 1. The molecule has 2 aromatic rings. The number of nitrogens with two attached hydrogens (primary N) is 1. The normalized spacial score (nSPS) is 12.7. The van der Waals surface area contributed by atoms with Crippen molar-refractivity contribution in [2.75, 3.05) is 7.11 Å².